The first-order valence-electron chi connectivity index (χ1n) is 14.5. The Labute approximate surface area is 222 Å². The molecule has 1 aromatic rings. The first kappa shape index (κ1) is 26.4. The molecule has 2 saturated carbocycles. The molecule has 2 fully saturated rings. The minimum absolute atomic E-state index is 0.0332. The van der Waals surface area contributed by atoms with Crippen molar-refractivity contribution >= 4 is 11.9 Å². The lowest BCUT2D eigenvalue weighted by Crippen LogP contribution is -2.51. The van der Waals surface area contributed by atoms with E-state index in [1.54, 1.807) is 6.92 Å². The molecule has 0 aliphatic heterocycles. The average molecular weight is 508 g/mol. The monoisotopic (exact) mass is 507 g/mol. The van der Waals surface area contributed by atoms with Gasteiger partial charge in [-0.25, -0.2) is 0 Å². The Morgan fingerprint density at radius 2 is 1.86 bits per heavy atom. The molecule has 0 radical (unpaired) electrons. The van der Waals surface area contributed by atoms with E-state index in [2.05, 4.69) is 39.1 Å². The van der Waals surface area contributed by atoms with Gasteiger partial charge in [-0.2, -0.15) is 10.2 Å². The van der Waals surface area contributed by atoms with Crippen molar-refractivity contribution in [3.63, 3.8) is 0 Å². The standard InChI is InChI=1S/C31H45N3O3/c1-18(17-32-20(3)35)7-10-27-19(2)29-28(34-33-27)16-26-24-9-8-22-15-23(37-21(4)36)11-13-30(22,5)25(24)12-14-31(26,29)6/h8,18,23-26H,7,9-17H2,1-6H3,(H,32,35)/t18-,23+,24-,25-,26+,30+,31-/m1/s1. The third-order valence-electron chi connectivity index (χ3n) is 10.7. The number of hydrogen-bond acceptors (Lipinski definition) is 5. The lowest BCUT2D eigenvalue weighted by atomic mass is 9.47. The van der Waals surface area contributed by atoms with E-state index >= 15 is 0 Å². The summed E-state index contributed by atoms with van der Waals surface area (Å²) in [6.45, 7) is 13.3. The summed E-state index contributed by atoms with van der Waals surface area (Å²) in [6, 6.07) is 0. The topological polar surface area (TPSA) is 81.2 Å². The molecule has 4 aliphatic rings. The Morgan fingerprint density at radius 1 is 1.11 bits per heavy atom. The van der Waals surface area contributed by atoms with E-state index in [4.69, 9.17) is 14.9 Å². The highest BCUT2D eigenvalue weighted by Crippen LogP contribution is 2.64. The highest BCUT2D eigenvalue weighted by Gasteiger charge is 2.58. The number of rotatable bonds is 6. The van der Waals surface area contributed by atoms with E-state index in [-0.39, 0.29) is 28.8 Å². The van der Waals surface area contributed by atoms with Crippen LogP contribution in [0.1, 0.15) is 102 Å². The normalized spacial score (nSPS) is 34.8. The first-order valence-corrected chi connectivity index (χ1v) is 14.5. The molecule has 1 heterocycles. The van der Waals surface area contributed by atoms with Crippen LogP contribution in [0.25, 0.3) is 0 Å². The zero-order valence-electron chi connectivity index (χ0n) is 23.7. The van der Waals surface area contributed by atoms with E-state index in [1.165, 1.54) is 42.2 Å². The molecule has 5 rings (SSSR count). The van der Waals surface area contributed by atoms with Crippen molar-refractivity contribution in [2.45, 2.75) is 111 Å². The molecule has 0 spiro atoms. The van der Waals surface area contributed by atoms with Crippen LogP contribution in [0.5, 0.6) is 0 Å². The number of ether oxygens (including phenoxy) is 1. The second-order valence-electron chi connectivity index (χ2n) is 13.1. The van der Waals surface area contributed by atoms with Gasteiger partial charge in [-0.15, -0.1) is 0 Å². The molecule has 0 bridgehead atoms. The number of esters is 1. The number of allylic oxidation sites excluding steroid dienone is 1. The molecule has 0 aromatic carbocycles. The second kappa shape index (κ2) is 9.81. The van der Waals surface area contributed by atoms with Crippen LogP contribution in [0.2, 0.25) is 0 Å². The summed E-state index contributed by atoms with van der Waals surface area (Å²) in [7, 11) is 0. The van der Waals surface area contributed by atoms with Crippen molar-refractivity contribution in [2.75, 3.05) is 6.54 Å². The summed E-state index contributed by atoms with van der Waals surface area (Å²) >= 11 is 0. The van der Waals surface area contributed by atoms with Gasteiger partial charge in [0, 0.05) is 26.8 Å². The molecule has 7 atom stereocenters. The Hall–Kier alpha value is -2.24. The largest absolute Gasteiger partial charge is 0.462 e. The summed E-state index contributed by atoms with van der Waals surface area (Å²) < 4.78 is 5.62. The summed E-state index contributed by atoms with van der Waals surface area (Å²) in [5, 5.41) is 12.5. The van der Waals surface area contributed by atoms with Gasteiger partial charge in [0.25, 0.3) is 0 Å². The van der Waals surface area contributed by atoms with E-state index < -0.39 is 0 Å². The molecule has 1 aromatic heterocycles. The Kier molecular flexibility index (Phi) is 6.99. The maximum atomic E-state index is 11.6. The molecule has 37 heavy (non-hydrogen) atoms. The van der Waals surface area contributed by atoms with Gasteiger partial charge in [0.05, 0.1) is 11.4 Å². The van der Waals surface area contributed by atoms with Crippen LogP contribution in [0, 0.1) is 36.0 Å². The molecule has 0 saturated heterocycles. The number of carbonyl (C=O) groups excluding carboxylic acids is 2. The zero-order valence-corrected chi connectivity index (χ0v) is 23.7. The number of amides is 1. The first-order chi connectivity index (χ1) is 17.5. The van der Waals surface area contributed by atoms with Gasteiger partial charge in [-0.05, 0) is 104 Å². The molecular formula is C31H45N3O3. The molecule has 6 nitrogen and oxygen atoms in total. The summed E-state index contributed by atoms with van der Waals surface area (Å²) in [6.07, 6.45) is 12.2. The van der Waals surface area contributed by atoms with Gasteiger partial charge >= 0.3 is 5.97 Å². The van der Waals surface area contributed by atoms with Crippen LogP contribution >= 0.6 is 0 Å². The van der Waals surface area contributed by atoms with Crippen molar-refractivity contribution in [3.05, 3.63) is 34.2 Å². The van der Waals surface area contributed by atoms with Crippen molar-refractivity contribution in [3.8, 4) is 0 Å². The fourth-order valence-corrected chi connectivity index (χ4v) is 8.73. The van der Waals surface area contributed by atoms with Crippen LogP contribution in [0.15, 0.2) is 11.6 Å². The van der Waals surface area contributed by atoms with E-state index in [0.29, 0.717) is 30.2 Å². The van der Waals surface area contributed by atoms with Gasteiger partial charge in [-0.3, -0.25) is 9.59 Å². The number of carbonyl (C=O) groups is 2. The molecular weight excluding hydrogens is 462 g/mol. The summed E-state index contributed by atoms with van der Waals surface area (Å²) in [5.41, 5.74) is 7.17. The van der Waals surface area contributed by atoms with Crippen LogP contribution < -0.4 is 5.32 Å². The van der Waals surface area contributed by atoms with Gasteiger partial charge < -0.3 is 10.1 Å². The van der Waals surface area contributed by atoms with E-state index in [1.807, 2.05) is 0 Å². The van der Waals surface area contributed by atoms with Crippen LogP contribution in [-0.4, -0.2) is 34.7 Å². The Balaban J connectivity index is 1.35. The second-order valence-corrected chi connectivity index (χ2v) is 13.1. The van der Waals surface area contributed by atoms with Crippen molar-refractivity contribution in [2.24, 2.45) is 29.1 Å². The van der Waals surface area contributed by atoms with Crippen LogP contribution in [-0.2, 0) is 32.6 Å². The van der Waals surface area contributed by atoms with E-state index in [0.717, 1.165) is 50.6 Å². The molecule has 202 valence electrons. The lowest BCUT2D eigenvalue weighted by Gasteiger charge is -2.57. The molecule has 4 aliphatic carbocycles. The number of aryl methyl sites for hydroxylation is 1. The number of fused-ring (bicyclic) bond motifs is 7. The summed E-state index contributed by atoms with van der Waals surface area (Å²) in [5.74, 6) is 2.28. The number of nitrogens with one attached hydrogen (secondary N) is 1. The molecule has 1 amide bonds. The van der Waals surface area contributed by atoms with Gasteiger partial charge in [0.1, 0.15) is 6.10 Å². The van der Waals surface area contributed by atoms with Crippen LogP contribution in [0.4, 0.5) is 0 Å². The van der Waals surface area contributed by atoms with Gasteiger partial charge in [0.2, 0.25) is 5.91 Å². The molecule has 6 heteroatoms. The predicted molar refractivity (Wildman–Crippen MR) is 144 cm³/mol. The third kappa shape index (κ3) is 4.63. The maximum Gasteiger partial charge on any atom is 0.302 e. The Bertz CT molecular complexity index is 1110. The highest BCUT2D eigenvalue weighted by atomic mass is 16.5. The number of nitrogens with zero attached hydrogens (tertiary/aromatic N) is 2. The minimum Gasteiger partial charge on any atom is -0.462 e. The van der Waals surface area contributed by atoms with Gasteiger partial charge in [-0.1, -0.05) is 32.4 Å². The molecule has 1 N–H and O–H groups in total. The quantitative estimate of drug-likeness (QED) is 0.412. The Morgan fingerprint density at radius 3 is 2.59 bits per heavy atom. The fourth-order valence-electron chi connectivity index (χ4n) is 8.73. The smallest absolute Gasteiger partial charge is 0.302 e. The SMILES string of the molecule is CC(=O)NC[C@H](C)CCc1nnc2c(c1C)[C@]1(C)CC[C@@H]3[C@@H](CC=C4C[C@@H](OC(C)=O)CC[C@@]43C)[C@@H]1C2. The average Bonchev–Trinajstić information content (AvgIpc) is 3.15. The maximum absolute atomic E-state index is 11.6. The number of aromatic nitrogens is 2. The van der Waals surface area contributed by atoms with E-state index in [9.17, 15) is 9.59 Å². The molecule has 0 unspecified atom stereocenters. The van der Waals surface area contributed by atoms with Crippen LogP contribution in [0.3, 0.4) is 0 Å². The fraction of sp³-hybridized carbons (Fsp3) is 0.742. The lowest BCUT2D eigenvalue weighted by molar-refractivity contribution is -0.148. The number of hydrogen-bond donors (Lipinski definition) is 1. The van der Waals surface area contributed by atoms with Crippen molar-refractivity contribution in [1.82, 2.24) is 15.5 Å². The zero-order chi connectivity index (χ0) is 26.5. The predicted octanol–water partition coefficient (Wildman–Crippen LogP) is 5.40. The van der Waals surface area contributed by atoms with Crippen molar-refractivity contribution in [1.29, 1.82) is 0 Å². The van der Waals surface area contributed by atoms with Crippen molar-refractivity contribution < 1.29 is 14.3 Å². The van der Waals surface area contributed by atoms with Gasteiger partial charge in [0.15, 0.2) is 0 Å². The highest BCUT2D eigenvalue weighted by molar-refractivity contribution is 5.72. The summed E-state index contributed by atoms with van der Waals surface area (Å²) in [4.78, 5) is 22.8. The minimum atomic E-state index is -0.155. The third-order valence-corrected chi connectivity index (χ3v) is 10.7.